The maximum Gasteiger partial charge on any atom is 0.316 e. The highest BCUT2D eigenvalue weighted by molar-refractivity contribution is 8.01. The van der Waals surface area contributed by atoms with Crippen molar-refractivity contribution in [3.63, 3.8) is 0 Å². The van der Waals surface area contributed by atoms with Gasteiger partial charge >= 0.3 is 5.97 Å². The molecular weight excluding hydrogens is 538 g/mol. The number of hydrogen-bond donors (Lipinski definition) is 2. The Bertz CT molecular complexity index is 1040. The van der Waals surface area contributed by atoms with E-state index in [1.807, 2.05) is 38.8 Å². The summed E-state index contributed by atoms with van der Waals surface area (Å²) < 4.78 is 5.69. The van der Waals surface area contributed by atoms with Crippen LogP contribution in [-0.4, -0.2) is 94.5 Å². The smallest absolute Gasteiger partial charge is 0.316 e. The van der Waals surface area contributed by atoms with Crippen molar-refractivity contribution in [1.29, 1.82) is 0 Å². The summed E-state index contributed by atoms with van der Waals surface area (Å²) >= 11 is 1.34. The highest BCUT2D eigenvalue weighted by Gasteiger charge is 2.68. The van der Waals surface area contributed by atoms with Crippen molar-refractivity contribution in [2.24, 2.45) is 39.7 Å². The second-order valence-electron chi connectivity index (χ2n) is 14.6. The highest BCUT2D eigenvalue weighted by Crippen LogP contribution is 2.68. The van der Waals surface area contributed by atoms with Gasteiger partial charge in [0, 0.05) is 54.1 Å². The Morgan fingerprint density at radius 2 is 1.85 bits per heavy atom. The van der Waals surface area contributed by atoms with Crippen LogP contribution in [0.1, 0.15) is 73.6 Å². The zero-order chi connectivity index (χ0) is 30.5. The summed E-state index contributed by atoms with van der Waals surface area (Å²) in [5.41, 5.74) is 4.95. The number of nitrogens with two attached hydrogens (primary N) is 1. The first-order valence-electron chi connectivity index (χ1n) is 15.4. The molecule has 4 fully saturated rings. The molecule has 3 saturated carbocycles. The number of amides is 1. The third-order valence-electron chi connectivity index (χ3n) is 12.0. The molecule has 0 radical (unpaired) electrons. The van der Waals surface area contributed by atoms with Crippen molar-refractivity contribution in [3.05, 3.63) is 12.7 Å². The van der Waals surface area contributed by atoms with Gasteiger partial charge in [0.1, 0.15) is 11.9 Å². The van der Waals surface area contributed by atoms with Crippen LogP contribution in [-0.2, 0) is 19.1 Å². The number of aliphatic hydroxyl groups excluding tert-OH is 1. The first-order valence-corrected chi connectivity index (χ1v) is 16.4. The third-order valence-corrected chi connectivity index (χ3v) is 13.3. The van der Waals surface area contributed by atoms with Crippen LogP contribution in [0, 0.1) is 34.0 Å². The van der Waals surface area contributed by atoms with E-state index in [2.05, 4.69) is 32.3 Å². The Labute approximate surface area is 251 Å². The van der Waals surface area contributed by atoms with Crippen LogP contribution in [0.15, 0.2) is 12.7 Å². The van der Waals surface area contributed by atoms with Crippen molar-refractivity contribution < 1.29 is 24.2 Å². The lowest BCUT2D eigenvalue weighted by atomic mass is 9.44. The van der Waals surface area contributed by atoms with E-state index in [0.717, 1.165) is 32.4 Å². The molecule has 3 aliphatic carbocycles. The maximum atomic E-state index is 13.6. The Hall–Kier alpha value is -1.42. The number of piperazine rings is 1. The summed E-state index contributed by atoms with van der Waals surface area (Å²) in [6, 6.07) is -0.751. The van der Waals surface area contributed by atoms with Gasteiger partial charge < -0.3 is 25.4 Å². The molecule has 1 heterocycles. The van der Waals surface area contributed by atoms with Crippen LogP contribution in [0.2, 0.25) is 0 Å². The molecule has 9 atom stereocenters. The Morgan fingerprint density at radius 1 is 1.22 bits per heavy atom. The van der Waals surface area contributed by atoms with Crippen molar-refractivity contribution in [2.45, 2.75) is 96.6 Å². The number of esters is 1. The Kier molecular flexibility index (Phi) is 9.18. The quantitative estimate of drug-likeness (QED) is 0.342. The maximum absolute atomic E-state index is 13.6. The number of carbonyl (C=O) groups excluding carboxylic acids is 3. The van der Waals surface area contributed by atoms with Crippen LogP contribution >= 0.6 is 11.8 Å². The number of nitrogens with zero attached hydrogens (tertiary/aromatic N) is 2. The van der Waals surface area contributed by atoms with Crippen LogP contribution in [0.5, 0.6) is 0 Å². The van der Waals surface area contributed by atoms with Gasteiger partial charge in [-0.1, -0.05) is 33.8 Å². The van der Waals surface area contributed by atoms with Crippen molar-refractivity contribution in [1.82, 2.24) is 9.80 Å². The minimum atomic E-state index is -0.751. The fourth-order valence-electron chi connectivity index (χ4n) is 8.55. The largest absolute Gasteiger partial charge is 0.461 e. The van der Waals surface area contributed by atoms with E-state index < -0.39 is 33.8 Å². The molecule has 0 aromatic carbocycles. The molecule has 2 bridgehead atoms. The van der Waals surface area contributed by atoms with Gasteiger partial charge in [-0.05, 0) is 63.8 Å². The molecule has 1 aliphatic heterocycles. The second-order valence-corrected chi connectivity index (χ2v) is 16.2. The van der Waals surface area contributed by atoms with E-state index in [1.54, 1.807) is 0 Å². The molecule has 4 aliphatic rings. The van der Waals surface area contributed by atoms with Crippen LogP contribution in [0.3, 0.4) is 0 Å². The number of likely N-dealkylation sites (N-methyl/N-ethyl adjacent to an activating group) is 1. The average Bonchev–Trinajstić information content (AvgIpc) is 3.30. The van der Waals surface area contributed by atoms with Gasteiger partial charge in [-0.3, -0.25) is 14.4 Å². The molecule has 0 aromatic heterocycles. The summed E-state index contributed by atoms with van der Waals surface area (Å²) in [4.78, 5) is 44.3. The molecule has 1 saturated heterocycles. The standard InChI is InChI=1S/C32H53N3O5S/c1-9-30(6)18-23(31(7)20(2)10-12-32(21(3)27(30)38)13-11-22(36)25(31)32)40-24(37)19-41-29(4,5)26(33)28(39)35-16-14-34(8)15-17-35/h9,20-21,23,25-27,38H,1,10-19,33H2,2-8H3/t20-,21+,23-,25?,26?,27+,30-,31+,32+/m1/s1. The van der Waals surface area contributed by atoms with Crippen LogP contribution in [0.25, 0.3) is 0 Å². The molecule has 41 heavy (non-hydrogen) atoms. The number of ketones is 1. The molecule has 3 N–H and O–H groups in total. The lowest BCUT2D eigenvalue weighted by molar-refractivity contribution is -0.205. The van der Waals surface area contributed by atoms with E-state index in [9.17, 15) is 19.5 Å². The molecule has 8 nitrogen and oxygen atoms in total. The van der Waals surface area contributed by atoms with E-state index in [0.29, 0.717) is 25.9 Å². The Morgan fingerprint density at radius 3 is 2.46 bits per heavy atom. The van der Waals surface area contributed by atoms with Gasteiger partial charge in [0.15, 0.2) is 0 Å². The molecule has 1 amide bonds. The first-order chi connectivity index (χ1) is 19.0. The fraction of sp³-hybridized carbons (Fsp3) is 0.844. The van der Waals surface area contributed by atoms with Gasteiger partial charge in [0.25, 0.3) is 0 Å². The van der Waals surface area contributed by atoms with Crippen LogP contribution < -0.4 is 5.73 Å². The summed E-state index contributed by atoms with van der Waals surface area (Å²) in [5.74, 6) is -0.327. The Balaban J connectivity index is 1.54. The molecule has 9 heteroatoms. The third kappa shape index (κ3) is 5.53. The first kappa shape index (κ1) is 32.5. The molecule has 232 valence electrons. The predicted octanol–water partition coefficient (Wildman–Crippen LogP) is 3.51. The normalized spacial score (nSPS) is 40.8. The number of ether oxygens (including phenoxy) is 1. The van der Waals surface area contributed by atoms with Crippen molar-refractivity contribution >= 4 is 29.4 Å². The zero-order valence-corrected chi connectivity index (χ0v) is 27.1. The van der Waals surface area contributed by atoms with Gasteiger partial charge in [-0.15, -0.1) is 18.3 Å². The lowest BCUT2D eigenvalue weighted by Gasteiger charge is -2.61. The second kappa shape index (κ2) is 11.6. The molecule has 0 spiro atoms. The SMILES string of the molecule is C=C[C@]1(C)C[C@@H](OC(=O)CSC(C)(C)C(N)C(=O)N2CCN(C)CC2)[C@@]2(C)C3C(=O)CC[C@@]3(CC[C@H]2C)[C@@H](C)[C@@H]1O. The van der Waals surface area contributed by atoms with E-state index in [-0.39, 0.29) is 46.6 Å². The van der Waals surface area contributed by atoms with Gasteiger partial charge in [0.05, 0.1) is 17.9 Å². The topological polar surface area (TPSA) is 113 Å². The van der Waals surface area contributed by atoms with E-state index in [1.165, 1.54) is 11.8 Å². The number of Topliss-reactive ketones (excluding diaryl/α,β-unsaturated/α-hetero) is 1. The van der Waals surface area contributed by atoms with Crippen molar-refractivity contribution in [2.75, 3.05) is 39.0 Å². The van der Waals surface area contributed by atoms with Gasteiger partial charge in [-0.25, -0.2) is 0 Å². The molecule has 2 unspecified atom stereocenters. The summed E-state index contributed by atoms with van der Waals surface area (Å²) in [6.07, 6.45) is 4.09. The molecule has 4 rings (SSSR count). The van der Waals surface area contributed by atoms with Crippen molar-refractivity contribution in [3.8, 4) is 0 Å². The van der Waals surface area contributed by atoms with Crippen LogP contribution in [0.4, 0.5) is 0 Å². The summed E-state index contributed by atoms with van der Waals surface area (Å²) in [6.45, 7) is 19.3. The van der Waals surface area contributed by atoms with E-state index >= 15 is 0 Å². The van der Waals surface area contributed by atoms with E-state index in [4.69, 9.17) is 10.5 Å². The minimum Gasteiger partial charge on any atom is -0.461 e. The predicted molar refractivity (Wildman–Crippen MR) is 163 cm³/mol. The summed E-state index contributed by atoms with van der Waals surface area (Å²) in [7, 11) is 2.04. The number of hydrogen-bond acceptors (Lipinski definition) is 8. The van der Waals surface area contributed by atoms with Gasteiger partial charge in [-0.2, -0.15) is 0 Å². The number of thioether (sulfide) groups is 1. The zero-order valence-electron chi connectivity index (χ0n) is 26.3. The summed E-state index contributed by atoms with van der Waals surface area (Å²) in [5, 5.41) is 11.7. The lowest BCUT2D eigenvalue weighted by Crippen LogP contribution is -2.63. The monoisotopic (exact) mass is 591 g/mol. The number of rotatable bonds is 7. The number of carbonyl (C=O) groups is 3. The number of aliphatic hydroxyl groups is 1. The molecule has 0 aromatic rings. The molecular formula is C32H53N3O5S. The minimum absolute atomic E-state index is 0.0468. The average molecular weight is 592 g/mol. The van der Waals surface area contributed by atoms with Gasteiger partial charge in [0.2, 0.25) is 5.91 Å². The fourth-order valence-corrected chi connectivity index (χ4v) is 9.39. The highest BCUT2D eigenvalue weighted by atomic mass is 32.2.